The molecule has 1 amide bonds. The van der Waals surface area contributed by atoms with Crippen LogP contribution in [-0.2, 0) is 16.6 Å². The van der Waals surface area contributed by atoms with Crippen LogP contribution >= 0.6 is 0 Å². The fourth-order valence-corrected chi connectivity index (χ4v) is 4.10. The van der Waals surface area contributed by atoms with Crippen LogP contribution < -0.4 is 10.0 Å². The van der Waals surface area contributed by atoms with E-state index in [0.29, 0.717) is 11.3 Å². The van der Waals surface area contributed by atoms with Crippen molar-refractivity contribution in [2.24, 2.45) is 0 Å². The van der Waals surface area contributed by atoms with E-state index in [1.54, 1.807) is 18.4 Å². The van der Waals surface area contributed by atoms with Crippen molar-refractivity contribution in [2.45, 2.75) is 43.2 Å². The molecule has 0 atom stereocenters. The Bertz CT molecular complexity index is 777. The van der Waals surface area contributed by atoms with E-state index in [4.69, 9.17) is 4.42 Å². The molecule has 2 aromatic rings. The second-order valence-corrected chi connectivity index (χ2v) is 7.60. The third-order valence-electron chi connectivity index (χ3n) is 4.11. The number of hydrogen-bond donors (Lipinski definition) is 2. The van der Waals surface area contributed by atoms with Crippen molar-refractivity contribution in [1.29, 1.82) is 0 Å². The van der Waals surface area contributed by atoms with Crippen molar-refractivity contribution >= 4 is 15.9 Å². The van der Waals surface area contributed by atoms with Gasteiger partial charge in [0.05, 0.1) is 17.7 Å². The van der Waals surface area contributed by atoms with E-state index in [1.165, 1.54) is 24.3 Å². The predicted molar refractivity (Wildman–Crippen MR) is 88.9 cm³/mol. The molecule has 1 aromatic carbocycles. The molecule has 3 rings (SSSR count). The lowest BCUT2D eigenvalue weighted by Gasteiger charge is -2.12. The van der Waals surface area contributed by atoms with Gasteiger partial charge in [0, 0.05) is 11.6 Å². The number of hydrogen-bond acceptors (Lipinski definition) is 4. The number of carbonyl (C=O) groups excluding carboxylic acids is 1. The first-order valence-electron chi connectivity index (χ1n) is 7.97. The van der Waals surface area contributed by atoms with E-state index < -0.39 is 10.0 Å². The fourth-order valence-electron chi connectivity index (χ4n) is 2.80. The lowest BCUT2D eigenvalue weighted by Crippen LogP contribution is -2.32. The highest BCUT2D eigenvalue weighted by molar-refractivity contribution is 7.89. The van der Waals surface area contributed by atoms with Gasteiger partial charge in [-0.2, -0.15) is 0 Å². The van der Waals surface area contributed by atoms with Gasteiger partial charge in [-0.25, -0.2) is 13.1 Å². The molecule has 1 fully saturated rings. The highest BCUT2D eigenvalue weighted by Gasteiger charge is 2.23. The van der Waals surface area contributed by atoms with Crippen LogP contribution in [0.3, 0.4) is 0 Å². The SMILES string of the molecule is O=C(NCc1ccco1)c1ccc(S(=O)(=O)NC2CCCC2)cc1. The van der Waals surface area contributed by atoms with Crippen molar-refractivity contribution in [1.82, 2.24) is 10.0 Å². The van der Waals surface area contributed by atoms with Gasteiger partial charge in [0.1, 0.15) is 5.76 Å². The van der Waals surface area contributed by atoms with Crippen LogP contribution in [0.15, 0.2) is 52.0 Å². The molecule has 0 radical (unpaired) electrons. The summed E-state index contributed by atoms with van der Waals surface area (Å²) in [5, 5.41) is 2.72. The predicted octanol–water partition coefficient (Wildman–Crippen LogP) is 2.43. The second-order valence-electron chi connectivity index (χ2n) is 5.89. The summed E-state index contributed by atoms with van der Waals surface area (Å²) in [4.78, 5) is 12.2. The smallest absolute Gasteiger partial charge is 0.251 e. The summed E-state index contributed by atoms with van der Waals surface area (Å²) in [6.45, 7) is 0.287. The van der Waals surface area contributed by atoms with Gasteiger partial charge in [0.15, 0.2) is 0 Å². The van der Waals surface area contributed by atoms with Gasteiger partial charge in [-0.1, -0.05) is 12.8 Å². The molecule has 0 bridgehead atoms. The number of benzene rings is 1. The van der Waals surface area contributed by atoms with E-state index >= 15 is 0 Å². The van der Waals surface area contributed by atoms with Gasteiger partial charge in [0.25, 0.3) is 5.91 Å². The Hall–Kier alpha value is -2.12. The molecule has 0 aliphatic heterocycles. The molecule has 2 N–H and O–H groups in total. The molecular formula is C17H20N2O4S. The third-order valence-corrected chi connectivity index (χ3v) is 5.64. The molecule has 6 nitrogen and oxygen atoms in total. The Morgan fingerprint density at radius 2 is 1.83 bits per heavy atom. The largest absolute Gasteiger partial charge is 0.467 e. The highest BCUT2D eigenvalue weighted by atomic mass is 32.2. The summed E-state index contributed by atoms with van der Waals surface area (Å²) >= 11 is 0. The maximum absolute atomic E-state index is 12.3. The summed E-state index contributed by atoms with van der Waals surface area (Å²) in [7, 11) is -3.53. The molecule has 0 spiro atoms. The van der Waals surface area contributed by atoms with Crippen LogP contribution in [0.2, 0.25) is 0 Å². The number of carbonyl (C=O) groups is 1. The third kappa shape index (κ3) is 4.04. The molecule has 128 valence electrons. The van der Waals surface area contributed by atoms with Crippen LogP contribution in [0.5, 0.6) is 0 Å². The number of sulfonamides is 1. The zero-order valence-corrected chi connectivity index (χ0v) is 14.0. The van der Waals surface area contributed by atoms with Crippen LogP contribution in [0.25, 0.3) is 0 Å². The molecule has 1 saturated carbocycles. The van der Waals surface area contributed by atoms with E-state index in [-0.39, 0.29) is 23.4 Å². The first kappa shape index (κ1) is 16.7. The van der Waals surface area contributed by atoms with Gasteiger partial charge in [-0.15, -0.1) is 0 Å². The summed E-state index contributed by atoms with van der Waals surface area (Å²) < 4.78 is 32.5. The summed E-state index contributed by atoms with van der Waals surface area (Å²) in [6.07, 6.45) is 5.42. The van der Waals surface area contributed by atoms with Crippen LogP contribution in [-0.4, -0.2) is 20.4 Å². The summed E-state index contributed by atoms with van der Waals surface area (Å²) in [5.41, 5.74) is 0.404. The van der Waals surface area contributed by atoms with Crippen molar-refractivity contribution in [2.75, 3.05) is 0 Å². The molecular weight excluding hydrogens is 328 g/mol. The van der Waals surface area contributed by atoms with Crippen LogP contribution in [0.1, 0.15) is 41.8 Å². The number of amides is 1. The fraction of sp³-hybridized carbons (Fsp3) is 0.353. The zero-order valence-electron chi connectivity index (χ0n) is 13.2. The van der Waals surface area contributed by atoms with Crippen molar-refractivity contribution in [3.8, 4) is 0 Å². The lowest BCUT2D eigenvalue weighted by atomic mass is 10.2. The summed E-state index contributed by atoms with van der Waals surface area (Å²) in [6, 6.07) is 9.48. The molecule has 24 heavy (non-hydrogen) atoms. The normalized spacial score (nSPS) is 15.5. The Balaban J connectivity index is 1.62. The summed E-state index contributed by atoms with van der Waals surface area (Å²) in [5.74, 6) is 0.377. The maximum atomic E-state index is 12.3. The molecule has 1 aromatic heterocycles. The monoisotopic (exact) mass is 348 g/mol. The Labute approximate surface area is 141 Å². The molecule has 7 heteroatoms. The average molecular weight is 348 g/mol. The topological polar surface area (TPSA) is 88.4 Å². The van der Waals surface area contributed by atoms with E-state index in [0.717, 1.165) is 25.7 Å². The Morgan fingerprint density at radius 3 is 2.46 bits per heavy atom. The standard InChI is InChI=1S/C17H20N2O4S/c20-17(18-12-15-6-3-11-23-15)13-7-9-16(10-8-13)24(21,22)19-14-4-1-2-5-14/h3,6-11,14,19H,1-2,4-5,12H2,(H,18,20). The lowest BCUT2D eigenvalue weighted by molar-refractivity contribution is 0.0948. The molecule has 0 unspecified atom stereocenters. The quantitative estimate of drug-likeness (QED) is 0.839. The number of nitrogens with one attached hydrogen (secondary N) is 2. The second kappa shape index (κ2) is 7.19. The maximum Gasteiger partial charge on any atom is 0.251 e. The molecule has 1 heterocycles. The number of furan rings is 1. The minimum atomic E-state index is -3.53. The first-order valence-corrected chi connectivity index (χ1v) is 9.46. The van der Waals surface area contributed by atoms with E-state index in [9.17, 15) is 13.2 Å². The molecule has 1 aliphatic carbocycles. The van der Waals surface area contributed by atoms with Gasteiger partial charge >= 0.3 is 0 Å². The van der Waals surface area contributed by atoms with Crippen LogP contribution in [0, 0.1) is 0 Å². The molecule has 1 aliphatic rings. The van der Waals surface area contributed by atoms with Gasteiger partial charge in [-0.3, -0.25) is 4.79 Å². The minimum Gasteiger partial charge on any atom is -0.467 e. The van der Waals surface area contributed by atoms with Gasteiger partial charge in [-0.05, 0) is 49.2 Å². The Kier molecular flexibility index (Phi) is 5.01. The first-order chi connectivity index (χ1) is 11.5. The zero-order chi connectivity index (χ0) is 17.0. The van der Waals surface area contributed by atoms with E-state index in [1.807, 2.05) is 0 Å². The van der Waals surface area contributed by atoms with Gasteiger partial charge < -0.3 is 9.73 Å². The number of rotatable bonds is 6. The van der Waals surface area contributed by atoms with Crippen molar-refractivity contribution < 1.29 is 17.6 Å². The minimum absolute atomic E-state index is 0.0197. The van der Waals surface area contributed by atoms with Crippen molar-refractivity contribution in [3.63, 3.8) is 0 Å². The highest BCUT2D eigenvalue weighted by Crippen LogP contribution is 2.20. The molecule has 0 saturated heterocycles. The van der Waals surface area contributed by atoms with Crippen LogP contribution in [0.4, 0.5) is 0 Å². The van der Waals surface area contributed by atoms with Crippen molar-refractivity contribution in [3.05, 3.63) is 54.0 Å². The Morgan fingerprint density at radius 1 is 1.12 bits per heavy atom. The average Bonchev–Trinajstić information content (AvgIpc) is 3.26. The van der Waals surface area contributed by atoms with Gasteiger partial charge in [0.2, 0.25) is 10.0 Å². The van der Waals surface area contributed by atoms with E-state index in [2.05, 4.69) is 10.0 Å².